The van der Waals surface area contributed by atoms with Crippen molar-refractivity contribution in [3.63, 3.8) is 0 Å². The van der Waals surface area contributed by atoms with E-state index in [0.29, 0.717) is 18.0 Å². The van der Waals surface area contributed by atoms with Crippen LogP contribution in [0.1, 0.15) is 35.7 Å². The lowest BCUT2D eigenvalue weighted by atomic mass is 10.1. The molecule has 18 heavy (non-hydrogen) atoms. The SMILES string of the molecule is Cc1ccc(C(=O)NCCCC(C)CBr)cc1O. The summed E-state index contributed by atoms with van der Waals surface area (Å²) in [5.74, 6) is 0.665. The first-order valence-corrected chi connectivity index (χ1v) is 7.30. The van der Waals surface area contributed by atoms with E-state index in [0.717, 1.165) is 23.7 Å². The van der Waals surface area contributed by atoms with E-state index in [4.69, 9.17) is 0 Å². The third kappa shape index (κ3) is 4.69. The second-order valence-corrected chi connectivity index (χ2v) is 5.31. The van der Waals surface area contributed by atoms with E-state index < -0.39 is 0 Å². The molecule has 0 aliphatic carbocycles. The summed E-state index contributed by atoms with van der Waals surface area (Å²) >= 11 is 3.43. The van der Waals surface area contributed by atoms with Gasteiger partial charge in [-0.2, -0.15) is 0 Å². The van der Waals surface area contributed by atoms with E-state index in [1.807, 2.05) is 0 Å². The molecule has 3 nitrogen and oxygen atoms in total. The van der Waals surface area contributed by atoms with Crippen LogP contribution in [0.5, 0.6) is 5.75 Å². The highest BCUT2D eigenvalue weighted by molar-refractivity contribution is 9.09. The zero-order chi connectivity index (χ0) is 13.5. The van der Waals surface area contributed by atoms with Crippen molar-refractivity contribution in [3.05, 3.63) is 29.3 Å². The van der Waals surface area contributed by atoms with Crippen molar-refractivity contribution < 1.29 is 9.90 Å². The Morgan fingerprint density at radius 1 is 1.50 bits per heavy atom. The van der Waals surface area contributed by atoms with Gasteiger partial charge in [0.15, 0.2) is 0 Å². The average Bonchev–Trinajstić information content (AvgIpc) is 2.37. The summed E-state index contributed by atoms with van der Waals surface area (Å²) in [6, 6.07) is 4.98. The highest BCUT2D eigenvalue weighted by atomic mass is 79.9. The molecule has 0 radical (unpaired) electrons. The van der Waals surface area contributed by atoms with Crippen LogP contribution in [0.4, 0.5) is 0 Å². The van der Waals surface area contributed by atoms with Gasteiger partial charge in [-0.05, 0) is 43.4 Å². The Bertz CT molecular complexity index is 407. The van der Waals surface area contributed by atoms with Crippen LogP contribution in [-0.4, -0.2) is 22.9 Å². The molecule has 0 saturated heterocycles. The van der Waals surface area contributed by atoms with Gasteiger partial charge in [0.05, 0.1) is 0 Å². The number of phenolic OH excluding ortho intramolecular Hbond substituents is 1. The summed E-state index contributed by atoms with van der Waals surface area (Å²) < 4.78 is 0. The number of carbonyl (C=O) groups is 1. The molecular formula is C14H20BrNO2. The molecule has 100 valence electrons. The second kappa shape index (κ2) is 7.41. The minimum Gasteiger partial charge on any atom is -0.508 e. The van der Waals surface area contributed by atoms with Crippen LogP contribution in [0.15, 0.2) is 18.2 Å². The van der Waals surface area contributed by atoms with E-state index in [9.17, 15) is 9.90 Å². The van der Waals surface area contributed by atoms with Crippen LogP contribution in [0, 0.1) is 12.8 Å². The molecule has 1 aromatic carbocycles. The summed E-state index contributed by atoms with van der Waals surface area (Å²) in [7, 11) is 0. The van der Waals surface area contributed by atoms with Crippen molar-refractivity contribution in [2.24, 2.45) is 5.92 Å². The summed E-state index contributed by atoms with van der Waals surface area (Å²) in [5, 5.41) is 13.4. The van der Waals surface area contributed by atoms with Crippen LogP contribution >= 0.6 is 15.9 Å². The topological polar surface area (TPSA) is 49.3 Å². The number of phenols is 1. The van der Waals surface area contributed by atoms with Crippen LogP contribution in [-0.2, 0) is 0 Å². The normalized spacial score (nSPS) is 12.2. The third-order valence-electron chi connectivity index (χ3n) is 2.89. The number of hydrogen-bond donors (Lipinski definition) is 2. The van der Waals surface area contributed by atoms with Crippen LogP contribution in [0.25, 0.3) is 0 Å². The van der Waals surface area contributed by atoms with Gasteiger partial charge < -0.3 is 10.4 Å². The number of alkyl halides is 1. The number of aryl methyl sites for hydroxylation is 1. The predicted molar refractivity (Wildman–Crippen MR) is 77.4 cm³/mol. The van der Waals surface area contributed by atoms with Gasteiger partial charge >= 0.3 is 0 Å². The molecule has 0 saturated carbocycles. The Balaban J connectivity index is 2.39. The first-order chi connectivity index (χ1) is 8.54. The van der Waals surface area contributed by atoms with E-state index in [1.165, 1.54) is 6.07 Å². The van der Waals surface area contributed by atoms with Crippen molar-refractivity contribution in [1.82, 2.24) is 5.32 Å². The lowest BCUT2D eigenvalue weighted by molar-refractivity contribution is 0.0952. The first kappa shape index (κ1) is 15.0. The van der Waals surface area contributed by atoms with E-state index in [2.05, 4.69) is 28.2 Å². The molecule has 2 N–H and O–H groups in total. The maximum absolute atomic E-state index is 11.8. The molecular weight excluding hydrogens is 294 g/mol. The molecule has 0 aliphatic rings. The van der Waals surface area contributed by atoms with Gasteiger partial charge in [-0.25, -0.2) is 0 Å². The van der Waals surface area contributed by atoms with Crippen molar-refractivity contribution in [2.75, 3.05) is 11.9 Å². The molecule has 0 bridgehead atoms. The third-order valence-corrected chi connectivity index (χ3v) is 4.00. The molecule has 0 fully saturated rings. The summed E-state index contributed by atoms with van der Waals surface area (Å²) in [6.07, 6.45) is 2.06. The maximum Gasteiger partial charge on any atom is 0.251 e. The van der Waals surface area contributed by atoms with Gasteiger partial charge in [0.1, 0.15) is 5.75 Å². The average molecular weight is 314 g/mol. The quantitative estimate of drug-likeness (QED) is 0.625. The van der Waals surface area contributed by atoms with E-state index in [-0.39, 0.29) is 11.7 Å². The Hall–Kier alpha value is -1.03. The largest absolute Gasteiger partial charge is 0.508 e. The number of benzene rings is 1. The molecule has 1 unspecified atom stereocenters. The Morgan fingerprint density at radius 3 is 2.83 bits per heavy atom. The number of rotatable bonds is 6. The fourth-order valence-corrected chi connectivity index (χ4v) is 1.91. The number of aromatic hydroxyl groups is 1. The zero-order valence-corrected chi connectivity index (χ0v) is 12.5. The molecule has 1 rings (SSSR count). The predicted octanol–water partition coefficient (Wildman–Crippen LogP) is 3.24. The number of halogens is 1. The Morgan fingerprint density at radius 2 is 2.22 bits per heavy atom. The number of nitrogens with one attached hydrogen (secondary N) is 1. The fourth-order valence-electron chi connectivity index (χ4n) is 1.58. The number of carbonyl (C=O) groups excluding carboxylic acids is 1. The molecule has 1 atom stereocenters. The monoisotopic (exact) mass is 313 g/mol. The van der Waals surface area contributed by atoms with Crippen LogP contribution in [0.3, 0.4) is 0 Å². The molecule has 0 aromatic heterocycles. The van der Waals surface area contributed by atoms with Crippen molar-refractivity contribution in [2.45, 2.75) is 26.7 Å². The van der Waals surface area contributed by atoms with Crippen molar-refractivity contribution in [3.8, 4) is 5.75 Å². The lowest BCUT2D eigenvalue weighted by Gasteiger charge is -2.09. The lowest BCUT2D eigenvalue weighted by Crippen LogP contribution is -2.24. The van der Waals surface area contributed by atoms with Crippen molar-refractivity contribution >= 4 is 21.8 Å². The summed E-state index contributed by atoms with van der Waals surface area (Å²) in [6.45, 7) is 4.65. The maximum atomic E-state index is 11.8. The zero-order valence-electron chi connectivity index (χ0n) is 10.9. The van der Waals surface area contributed by atoms with Crippen LogP contribution < -0.4 is 5.32 Å². The van der Waals surface area contributed by atoms with E-state index >= 15 is 0 Å². The van der Waals surface area contributed by atoms with E-state index in [1.54, 1.807) is 19.1 Å². The first-order valence-electron chi connectivity index (χ1n) is 6.18. The highest BCUT2D eigenvalue weighted by Crippen LogP contribution is 2.17. The van der Waals surface area contributed by atoms with Gasteiger partial charge in [-0.1, -0.05) is 28.9 Å². The molecule has 0 heterocycles. The van der Waals surface area contributed by atoms with Gasteiger partial charge in [0.25, 0.3) is 5.91 Å². The summed E-state index contributed by atoms with van der Waals surface area (Å²) in [4.78, 5) is 11.8. The standard InChI is InChI=1S/C14H20BrNO2/c1-10(9-15)4-3-7-16-14(18)12-6-5-11(2)13(17)8-12/h5-6,8,10,17H,3-4,7,9H2,1-2H3,(H,16,18). The molecule has 4 heteroatoms. The van der Waals surface area contributed by atoms with Crippen LogP contribution in [0.2, 0.25) is 0 Å². The van der Waals surface area contributed by atoms with Crippen molar-refractivity contribution in [1.29, 1.82) is 0 Å². The Labute approximate surface area is 117 Å². The number of hydrogen-bond acceptors (Lipinski definition) is 2. The molecule has 1 aromatic rings. The summed E-state index contributed by atoms with van der Waals surface area (Å²) in [5.41, 5.74) is 1.28. The number of amides is 1. The van der Waals surface area contributed by atoms with Gasteiger partial charge in [0.2, 0.25) is 0 Å². The minimum absolute atomic E-state index is 0.128. The molecule has 0 spiro atoms. The smallest absolute Gasteiger partial charge is 0.251 e. The van der Waals surface area contributed by atoms with Gasteiger partial charge in [-0.3, -0.25) is 4.79 Å². The molecule has 1 amide bonds. The second-order valence-electron chi connectivity index (χ2n) is 4.66. The molecule has 0 aliphatic heterocycles. The minimum atomic E-state index is -0.128. The van der Waals surface area contributed by atoms with Gasteiger partial charge in [-0.15, -0.1) is 0 Å². The Kier molecular flexibility index (Phi) is 6.19. The fraction of sp³-hybridized carbons (Fsp3) is 0.500. The highest BCUT2D eigenvalue weighted by Gasteiger charge is 2.07. The van der Waals surface area contributed by atoms with Gasteiger partial charge in [0, 0.05) is 17.4 Å².